The van der Waals surface area contributed by atoms with E-state index in [0.717, 1.165) is 31.5 Å². The molecule has 3 aromatic carbocycles. The number of anilines is 2. The topological polar surface area (TPSA) is 76.5 Å². The number of benzene rings is 3. The predicted molar refractivity (Wildman–Crippen MR) is 136 cm³/mol. The van der Waals surface area contributed by atoms with Crippen molar-refractivity contribution in [3.63, 3.8) is 0 Å². The van der Waals surface area contributed by atoms with E-state index in [1.165, 1.54) is 10.9 Å². The average molecular weight is 467 g/mol. The third-order valence-electron chi connectivity index (χ3n) is 5.93. The number of aromatic nitrogens is 2. The molecule has 4 aromatic rings. The molecule has 176 valence electrons. The zero-order valence-electron chi connectivity index (χ0n) is 19.5. The fourth-order valence-electron chi connectivity index (χ4n) is 4.17. The second-order valence-corrected chi connectivity index (χ2v) is 8.56. The Kier molecular flexibility index (Phi) is 6.30. The van der Waals surface area contributed by atoms with Gasteiger partial charge in [0.15, 0.2) is 11.4 Å². The monoisotopic (exact) mass is 466 g/mol. The minimum absolute atomic E-state index is 0.00110. The van der Waals surface area contributed by atoms with Gasteiger partial charge in [0.25, 0.3) is 11.5 Å². The van der Waals surface area contributed by atoms with Gasteiger partial charge in [-0.05, 0) is 67.8 Å². The van der Waals surface area contributed by atoms with Crippen LogP contribution in [0.4, 0.5) is 11.4 Å². The van der Waals surface area contributed by atoms with Crippen molar-refractivity contribution in [2.45, 2.75) is 19.8 Å². The maximum absolute atomic E-state index is 13.6. The van der Waals surface area contributed by atoms with E-state index in [-0.39, 0.29) is 17.2 Å². The van der Waals surface area contributed by atoms with Gasteiger partial charge < -0.3 is 15.0 Å². The van der Waals surface area contributed by atoms with Crippen molar-refractivity contribution in [1.29, 1.82) is 0 Å². The normalized spacial score (nSPS) is 13.0. The molecule has 0 bridgehead atoms. The van der Waals surface area contributed by atoms with E-state index < -0.39 is 0 Å². The van der Waals surface area contributed by atoms with Gasteiger partial charge in [-0.15, -0.1) is 0 Å². The summed E-state index contributed by atoms with van der Waals surface area (Å²) in [5, 5.41) is 7.55. The first-order chi connectivity index (χ1) is 17.1. The molecule has 1 aliphatic heterocycles. The first-order valence-electron chi connectivity index (χ1n) is 11.7. The van der Waals surface area contributed by atoms with E-state index in [9.17, 15) is 9.59 Å². The molecule has 35 heavy (non-hydrogen) atoms. The molecule has 0 unspecified atom stereocenters. The number of hydrogen-bond donors (Lipinski definition) is 1. The number of nitrogens with one attached hydrogen (secondary N) is 1. The average Bonchev–Trinajstić information content (AvgIpc) is 3.42. The molecule has 0 saturated carbocycles. The summed E-state index contributed by atoms with van der Waals surface area (Å²) in [6.45, 7) is 3.52. The van der Waals surface area contributed by atoms with Gasteiger partial charge in [0.1, 0.15) is 5.75 Å². The molecular formula is C28H26N4O3. The molecule has 5 rings (SSSR count). The number of aryl methyl sites for hydroxylation is 1. The molecular weight excluding hydrogens is 440 g/mol. The summed E-state index contributed by atoms with van der Waals surface area (Å²) in [6.07, 6.45) is 3.58. The van der Waals surface area contributed by atoms with Gasteiger partial charge in [0.2, 0.25) is 0 Å². The number of amides is 1. The van der Waals surface area contributed by atoms with E-state index in [4.69, 9.17) is 4.74 Å². The lowest BCUT2D eigenvalue weighted by molar-refractivity contribution is 0.0793. The predicted octanol–water partition coefficient (Wildman–Crippen LogP) is 5.31. The Morgan fingerprint density at radius 2 is 1.71 bits per heavy atom. The molecule has 0 aliphatic carbocycles. The second kappa shape index (κ2) is 9.85. The zero-order chi connectivity index (χ0) is 24.2. The SMILES string of the molecule is Cc1cccc(Oc2cnn(-c3ccccc3)c(=O)c2Nc2cccc(C(=O)N3CCCC3)c2)c1. The molecule has 1 amide bonds. The summed E-state index contributed by atoms with van der Waals surface area (Å²) < 4.78 is 7.40. The van der Waals surface area contributed by atoms with Gasteiger partial charge >= 0.3 is 0 Å². The number of hydrogen-bond acceptors (Lipinski definition) is 5. The van der Waals surface area contributed by atoms with Gasteiger partial charge in [-0.25, -0.2) is 0 Å². The third kappa shape index (κ3) is 4.94. The van der Waals surface area contributed by atoms with Crippen molar-refractivity contribution in [2.24, 2.45) is 0 Å². The molecule has 1 aromatic heterocycles. The Labute approximate surface area is 203 Å². The molecule has 2 heterocycles. The largest absolute Gasteiger partial charge is 0.453 e. The molecule has 1 N–H and O–H groups in total. The number of nitrogens with zero attached hydrogens (tertiary/aromatic N) is 3. The molecule has 1 aliphatic rings. The van der Waals surface area contributed by atoms with Crippen LogP contribution in [-0.2, 0) is 0 Å². The number of carbonyl (C=O) groups is 1. The van der Waals surface area contributed by atoms with Gasteiger partial charge in [0, 0.05) is 24.3 Å². The van der Waals surface area contributed by atoms with Crippen LogP contribution >= 0.6 is 0 Å². The van der Waals surface area contributed by atoms with Crippen LogP contribution in [-0.4, -0.2) is 33.7 Å². The minimum atomic E-state index is -0.363. The van der Waals surface area contributed by atoms with E-state index in [2.05, 4.69) is 10.4 Å². The van der Waals surface area contributed by atoms with Crippen molar-refractivity contribution < 1.29 is 9.53 Å². The second-order valence-electron chi connectivity index (χ2n) is 8.56. The van der Waals surface area contributed by atoms with Crippen LogP contribution in [0.3, 0.4) is 0 Å². The smallest absolute Gasteiger partial charge is 0.299 e. The molecule has 7 heteroatoms. The lowest BCUT2D eigenvalue weighted by Crippen LogP contribution is -2.27. The third-order valence-corrected chi connectivity index (χ3v) is 5.93. The van der Waals surface area contributed by atoms with Gasteiger partial charge in [-0.1, -0.05) is 36.4 Å². The first-order valence-corrected chi connectivity index (χ1v) is 11.7. The van der Waals surface area contributed by atoms with Crippen LogP contribution in [0.25, 0.3) is 5.69 Å². The lowest BCUT2D eigenvalue weighted by Gasteiger charge is -2.17. The van der Waals surface area contributed by atoms with E-state index in [1.807, 2.05) is 78.6 Å². The summed E-state index contributed by atoms with van der Waals surface area (Å²) in [7, 11) is 0. The van der Waals surface area contributed by atoms with Crippen molar-refractivity contribution >= 4 is 17.3 Å². The Morgan fingerprint density at radius 1 is 0.943 bits per heavy atom. The number of rotatable bonds is 6. The first kappa shape index (κ1) is 22.4. The van der Waals surface area contributed by atoms with E-state index >= 15 is 0 Å². The van der Waals surface area contributed by atoms with Crippen LogP contribution in [0.1, 0.15) is 28.8 Å². The highest BCUT2D eigenvalue weighted by atomic mass is 16.5. The fraction of sp³-hybridized carbons (Fsp3) is 0.179. The summed E-state index contributed by atoms with van der Waals surface area (Å²) in [6, 6.07) is 24.0. The van der Waals surface area contributed by atoms with Gasteiger partial charge in [-0.3, -0.25) is 9.59 Å². The maximum atomic E-state index is 13.6. The highest BCUT2D eigenvalue weighted by molar-refractivity contribution is 5.95. The van der Waals surface area contributed by atoms with E-state index in [1.54, 1.807) is 12.1 Å². The zero-order valence-corrected chi connectivity index (χ0v) is 19.5. The molecule has 0 spiro atoms. The van der Waals surface area contributed by atoms with Crippen LogP contribution in [0.2, 0.25) is 0 Å². The van der Waals surface area contributed by atoms with Crippen molar-refractivity contribution in [3.8, 4) is 17.2 Å². The summed E-state index contributed by atoms with van der Waals surface area (Å²) in [5.41, 5.74) is 2.74. The van der Waals surface area contributed by atoms with Crippen LogP contribution in [0, 0.1) is 6.92 Å². The van der Waals surface area contributed by atoms with E-state index in [0.29, 0.717) is 28.4 Å². The van der Waals surface area contributed by atoms with Crippen molar-refractivity contribution in [1.82, 2.24) is 14.7 Å². The molecule has 0 radical (unpaired) electrons. The Bertz CT molecular complexity index is 1410. The van der Waals surface area contributed by atoms with Crippen molar-refractivity contribution in [2.75, 3.05) is 18.4 Å². The highest BCUT2D eigenvalue weighted by Gasteiger charge is 2.20. The Morgan fingerprint density at radius 3 is 2.49 bits per heavy atom. The quantitative estimate of drug-likeness (QED) is 0.417. The molecule has 1 fully saturated rings. The Hall–Kier alpha value is -4.39. The highest BCUT2D eigenvalue weighted by Crippen LogP contribution is 2.29. The maximum Gasteiger partial charge on any atom is 0.299 e. The summed E-state index contributed by atoms with van der Waals surface area (Å²) in [5.74, 6) is 0.896. The number of likely N-dealkylation sites (tertiary alicyclic amines) is 1. The fourth-order valence-corrected chi connectivity index (χ4v) is 4.17. The van der Waals surface area contributed by atoms with Crippen molar-refractivity contribution in [3.05, 3.63) is 107 Å². The molecule has 0 atom stereocenters. The Balaban J connectivity index is 1.53. The standard InChI is InChI=1S/C28H26N4O3/c1-20-9-7-14-24(17-20)35-25-19-29-32(23-12-3-2-4-13-23)28(34)26(25)30-22-11-8-10-21(18-22)27(33)31-15-5-6-16-31/h2-4,7-14,17-19,30H,5-6,15-16H2,1H3. The van der Waals surface area contributed by atoms with Crippen LogP contribution < -0.4 is 15.6 Å². The summed E-state index contributed by atoms with van der Waals surface area (Å²) in [4.78, 5) is 28.3. The summed E-state index contributed by atoms with van der Waals surface area (Å²) >= 11 is 0. The minimum Gasteiger partial charge on any atom is -0.453 e. The number of para-hydroxylation sites is 1. The van der Waals surface area contributed by atoms with Gasteiger partial charge in [0.05, 0.1) is 11.9 Å². The van der Waals surface area contributed by atoms with Crippen LogP contribution in [0.15, 0.2) is 89.9 Å². The van der Waals surface area contributed by atoms with Crippen LogP contribution in [0.5, 0.6) is 11.5 Å². The molecule has 7 nitrogen and oxygen atoms in total. The molecule has 1 saturated heterocycles. The number of carbonyl (C=O) groups excluding carboxylic acids is 1. The van der Waals surface area contributed by atoms with Gasteiger partial charge in [-0.2, -0.15) is 9.78 Å². The number of ether oxygens (including phenoxy) is 1. The lowest BCUT2D eigenvalue weighted by atomic mass is 10.1.